The molecule has 2 aromatic carbocycles. The number of furan rings is 1. The summed E-state index contributed by atoms with van der Waals surface area (Å²) in [5.74, 6) is 0.767. The first-order chi connectivity index (χ1) is 17.1. The first-order valence-corrected chi connectivity index (χ1v) is 12.0. The molecule has 3 heterocycles. The van der Waals surface area contributed by atoms with Gasteiger partial charge in [0.05, 0.1) is 24.6 Å². The van der Waals surface area contributed by atoms with Gasteiger partial charge in [0.25, 0.3) is 11.8 Å². The van der Waals surface area contributed by atoms with Crippen molar-refractivity contribution in [2.75, 3.05) is 61.5 Å². The number of amides is 2. The third kappa shape index (κ3) is 4.82. The van der Waals surface area contributed by atoms with E-state index in [2.05, 4.69) is 21.2 Å². The summed E-state index contributed by atoms with van der Waals surface area (Å²) < 4.78 is 10.7. The normalized spacial score (nSPS) is 15.9. The number of anilines is 3. The van der Waals surface area contributed by atoms with Gasteiger partial charge in [-0.05, 0) is 55.3 Å². The van der Waals surface area contributed by atoms with Gasteiger partial charge in [0.2, 0.25) is 0 Å². The lowest BCUT2D eigenvalue weighted by molar-refractivity contribution is 0.0793. The van der Waals surface area contributed by atoms with Gasteiger partial charge in [0.1, 0.15) is 5.75 Å². The van der Waals surface area contributed by atoms with Crippen LogP contribution in [0, 0.1) is 0 Å². The minimum atomic E-state index is -0.340. The average molecular weight is 475 g/mol. The van der Waals surface area contributed by atoms with E-state index in [1.807, 2.05) is 35.2 Å². The lowest BCUT2D eigenvalue weighted by Crippen LogP contribution is -2.47. The van der Waals surface area contributed by atoms with Crippen molar-refractivity contribution >= 4 is 28.9 Å². The Balaban J connectivity index is 1.37. The van der Waals surface area contributed by atoms with Crippen LogP contribution in [0.15, 0.2) is 65.3 Å². The Hall–Kier alpha value is -3.94. The van der Waals surface area contributed by atoms with Crippen LogP contribution in [0.3, 0.4) is 0 Å². The van der Waals surface area contributed by atoms with Gasteiger partial charge in [0, 0.05) is 50.6 Å². The summed E-state index contributed by atoms with van der Waals surface area (Å²) in [5.41, 5.74) is 3.18. The average Bonchev–Trinajstić information content (AvgIpc) is 3.63. The topological polar surface area (TPSA) is 78.3 Å². The Labute approximate surface area is 205 Å². The second-order valence-electron chi connectivity index (χ2n) is 8.81. The van der Waals surface area contributed by atoms with Crippen LogP contribution in [0.4, 0.5) is 17.1 Å². The highest BCUT2D eigenvalue weighted by molar-refractivity contribution is 6.05. The van der Waals surface area contributed by atoms with Gasteiger partial charge in [-0.15, -0.1) is 0 Å². The quantitative estimate of drug-likeness (QED) is 0.580. The standard InChI is InChI=1S/C27H30N4O4/c1-34-24-8-3-2-7-23(24)30-16-14-29(15-17-30)22-11-10-20(28-26(32)25-9-6-18-35-25)19-21(22)27(33)31-12-4-5-13-31/h2-3,6-11,18-19H,4-5,12-17H2,1H3,(H,28,32). The van der Waals surface area contributed by atoms with E-state index < -0.39 is 0 Å². The third-order valence-corrected chi connectivity index (χ3v) is 6.67. The van der Waals surface area contributed by atoms with Crippen LogP contribution >= 0.6 is 0 Å². The number of carbonyl (C=O) groups excluding carboxylic acids is 2. The predicted octanol–water partition coefficient (Wildman–Crippen LogP) is 4.10. The van der Waals surface area contributed by atoms with Gasteiger partial charge in [-0.1, -0.05) is 12.1 Å². The summed E-state index contributed by atoms with van der Waals surface area (Å²) in [6.45, 7) is 4.71. The maximum absolute atomic E-state index is 13.5. The minimum Gasteiger partial charge on any atom is -0.495 e. The van der Waals surface area contributed by atoms with Crippen molar-refractivity contribution in [1.29, 1.82) is 0 Å². The molecule has 0 unspecified atom stereocenters. The zero-order chi connectivity index (χ0) is 24.2. The maximum atomic E-state index is 13.5. The van der Waals surface area contributed by atoms with E-state index in [1.54, 1.807) is 25.3 Å². The fourth-order valence-corrected chi connectivity index (χ4v) is 4.83. The van der Waals surface area contributed by atoms with Crippen LogP contribution in [0.5, 0.6) is 5.75 Å². The van der Waals surface area contributed by atoms with Gasteiger partial charge < -0.3 is 29.2 Å². The van der Waals surface area contributed by atoms with Crippen LogP contribution in [0.1, 0.15) is 33.8 Å². The molecule has 0 atom stereocenters. The number of rotatable bonds is 6. The Morgan fingerprint density at radius 1 is 0.857 bits per heavy atom. The molecule has 2 aliphatic rings. The molecule has 35 heavy (non-hydrogen) atoms. The molecule has 1 N–H and O–H groups in total. The number of nitrogens with zero attached hydrogens (tertiary/aromatic N) is 3. The van der Waals surface area contributed by atoms with E-state index >= 15 is 0 Å². The molecule has 8 heteroatoms. The summed E-state index contributed by atoms with van der Waals surface area (Å²) in [6, 6.07) is 16.9. The largest absolute Gasteiger partial charge is 0.495 e. The van der Waals surface area contributed by atoms with Crippen LogP contribution in [0.25, 0.3) is 0 Å². The molecule has 0 spiro atoms. The second-order valence-corrected chi connectivity index (χ2v) is 8.81. The molecule has 8 nitrogen and oxygen atoms in total. The van der Waals surface area contributed by atoms with E-state index in [-0.39, 0.29) is 17.6 Å². The Kier molecular flexibility index (Phi) is 6.61. The number of benzene rings is 2. The number of carbonyl (C=O) groups is 2. The maximum Gasteiger partial charge on any atom is 0.291 e. The lowest BCUT2D eigenvalue weighted by atomic mass is 10.1. The van der Waals surface area contributed by atoms with Gasteiger partial charge in [-0.3, -0.25) is 9.59 Å². The molecule has 0 aliphatic carbocycles. The van der Waals surface area contributed by atoms with E-state index in [9.17, 15) is 9.59 Å². The number of para-hydroxylation sites is 2. The highest BCUT2D eigenvalue weighted by atomic mass is 16.5. The summed E-state index contributed by atoms with van der Waals surface area (Å²) >= 11 is 0. The molecule has 2 saturated heterocycles. The summed E-state index contributed by atoms with van der Waals surface area (Å²) in [7, 11) is 1.69. The predicted molar refractivity (Wildman–Crippen MR) is 136 cm³/mol. The van der Waals surface area contributed by atoms with Crippen molar-refractivity contribution in [3.05, 3.63) is 72.2 Å². The summed E-state index contributed by atoms with van der Waals surface area (Å²) in [5, 5.41) is 2.86. The van der Waals surface area contributed by atoms with Gasteiger partial charge >= 0.3 is 0 Å². The van der Waals surface area contributed by atoms with Crippen LogP contribution in [-0.4, -0.2) is 63.1 Å². The molecule has 3 aromatic rings. The fourth-order valence-electron chi connectivity index (χ4n) is 4.83. The highest BCUT2D eigenvalue weighted by Crippen LogP contribution is 2.32. The van der Waals surface area contributed by atoms with Gasteiger partial charge in [-0.2, -0.15) is 0 Å². The second kappa shape index (κ2) is 10.1. The highest BCUT2D eigenvalue weighted by Gasteiger charge is 2.27. The third-order valence-electron chi connectivity index (χ3n) is 6.67. The van der Waals surface area contributed by atoms with Crippen molar-refractivity contribution in [2.45, 2.75) is 12.8 Å². The van der Waals surface area contributed by atoms with Crippen molar-refractivity contribution in [1.82, 2.24) is 4.90 Å². The first kappa shape index (κ1) is 22.8. The molecule has 0 radical (unpaired) electrons. The molecule has 5 rings (SSSR count). The van der Waals surface area contributed by atoms with E-state index in [1.165, 1.54) is 6.26 Å². The molecular weight excluding hydrogens is 444 g/mol. The van der Waals surface area contributed by atoms with Crippen LogP contribution < -0.4 is 19.9 Å². The SMILES string of the molecule is COc1ccccc1N1CCN(c2ccc(NC(=O)c3ccco3)cc2C(=O)N2CCCC2)CC1. The summed E-state index contributed by atoms with van der Waals surface area (Å²) in [4.78, 5) is 32.5. The Morgan fingerprint density at radius 2 is 1.57 bits per heavy atom. The van der Waals surface area contributed by atoms with E-state index in [4.69, 9.17) is 9.15 Å². The van der Waals surface area contributed by atoms with Crippen LogP contribution in [-0.2, 0) is 0 Å². The number of hydrogen-bond donors (Lipinski definition) is 1. The molecule has 0 saturated carbocycles. The zero-order valence-corrected chi connectivity index (χ0v) is 19.9. The van der Waals surface area contributed by atoms with E-state index in [0.717, 1.165) is 69.2 Å². The molecule has 0 bridgehead atoms. The number of piperazine rings is 1. The van der Waals surface area contributed by atoms with Crippen molar-refractivity contribution in [2.24, 2.45) is 0 Å². The molecule has 1 aromatic heterocycles. The minimum absolute atomic E-state index is 0.0127. The first-order valence-electron chi connectivity index (χ1n) is 12.0. The molecule has 182 valence electrons. The summed E-state index contributed by atoms with van der Waals surface area (Å²) in [6.07, 6.45) is 3.51. The molecule has 2 fully saturated rings. The van der Waals surface area contributed by atoms with Crippen molar-refractivity contribution in [3.63, 3.8) is 0 Å². The van der Waals surface area contributed by atoms with Gasteiger partial charge in [-0.25, -0.2) is 0 Å². The number of hydrogen-bond acceptors (Lipinski definition) is 6. The molecular formula is C27H30N4O4. The number of methoxy groups -OCH3 is 1. The smallest absolute Gasteiger partial charge is 0.291 e. The Morgan fingerprint density at radius 3 is 2.26 bits per heavy atom. The van der Waals surface area contributed by atoms with E-state index in [0.29, 0.717) is 11.3 Å². The van der Waals surface area contributed by atoms with Crippen molar-refractivity contribution in [3.8, 4) is 5.75 Å². The zero-order valence-electron chi connectivity index (χ0n) is 19.9. The fraction of sp³-hybridized carbons (Fsp3) is 0.333. The van der Waals surface area contributed by atoms with Crippen LogP contribution in [0.2, 0.25) is 0 Å². The van der Waals surface area contributed by atoms with Crippen molar-refractivity contribution < 1.29 is 18.7 Å². The molecule has 2 amide bonds. The Bertz CT molecular complexity index is 1180. The monoisotopic (exact) mass is 474 g/mol. The lowest BCUT2D eigenvalue weighted by Gasteiger charge is -2.38. The molecule has 2 aliphatic heterocycles. The van der Waals surface area contributed by atoms with Gasteiger partial charge in [0.15, 0.2) is 5.76 Å². The number of nitrogens with one attached hydrogen (secondary N) is 1. The number of ether oxygens (including phenoxy) is 1. The number of likely N-dealkylation sites (tertiary alicyclic amines) is 1.